The van der Waals surface area contributed by atoms with Crippen molar-refractivity contribution in [2.45, 2.75) is 151 Å². The topological polar surface area (TPSA) is 391 Å². The minimum Gasteiger partial charge on any atom is -0.429 e. The van der Waals surface area contributed by atoms with Gasteiger partial charge in [0, 0.05) is 11.1 Å². The molecular weight excluding hydrogens is 912 g/mol. The molecule has 68 heavy (non-hydrogen) atoms. The molecule has 4 rings (SSSR count). The van der Waals surface area contributed by atoms with E-state index in [1.165, 1.54) is 26.0 Å². The summed E-state index contributed by atoms with van der Waals surface area (Å²) < 4.78 is 42.7. The monoisotopic (exact) mass is 976 g/mol. The number of allylic oxidation sites excluding steroid dienone is 12. The van der Waals surface area contributed by atoms with Crippen LogP contribution < -0.4 is 0 Å². The lowest BCUT2D eigenvalue weighted by Crippen LogP contribution is -2.61. The standard InChI is InChI=1S/C44H64O24/c1-19(11-7-13-21(3)39(59)67-43-37(57)33(53)29(49)25(65-43)17-61-41-35(55)31(51)27(47)23(15-45)63-41)9-5-6-10-20(2)12-8-14-22(4)40(60)68-44-38(58)34(54)30(50)26(66-44)18-62-42-36(56)32(52)28(48)24(16-46)64-42/h5-14,23-38,41-58H,15-18H2,1-4H3/t23-,24-,25-,26-,27-,28-,29-,30-,31+,32+,33-,34+,35-,36-,37-,38-,41-,42-,43+,44?/m1/s1. The molecule has 4 aliphatic heterocycles. The molecule has 4 heterocycles. The molecule has 0 radical (unpaired) electrons. The number of ether oxygens (including phenoxy) is 8. The average molecular weight is 977 g/mol. The molecule has 0 aromatic rings. The van der Waals surface area contributed by atoms with Gasteiger partial charge in [0.15, 0.2) is 12.6 Å². The van der Waals surface area contributed by atoms with Crippen molar-refractivity contribution in [3.8, 4) is 0 Å². The van der Waals surface area contributed by atoms with Gasteiger partial charge < -0.3 is 109 Å². The number of hydrogen-bond donors (Lipinski definition) is 14. The van der Waals surface area contributed by atoms with Crippen molar-refractivity contribution >= 4 is 11.9 Å². The lowest BCUT2D eigenvalue weighted by atomic mass is 9.98. The predicted molar refractivity (Wildman–Crippen MR) is 227 cm³/mol. The Hall–Kier alpha value is -3.68. The van der Waals surface area contributed by atoms with Crippen LogP contribution in [0.25, 0.3) is 0 Å². The molecule has 14 N–H and O–H groups in total. The molecule has 384 valence electrons. The Morgan fingerprint density at radius 3 is 1.01 bits per heavy atom. The van der Waals surface area contributed by atoms with Gasteiger partial charge in [-0.1, -0.05) is 71.9 Å². The van der Waals surface area contributed by atoms with E-state index in [-0.39, 0.29) is 11.1 Å². The van der Waals surface area contributed by atoms with E-state index < -0.39 is 161 Å². The molecule has 0 aromatic heterocycles. The summed E-state index contributed by atoms with van der Waals surface area (Å²) in [5.74, 6) is -1.86. The summed E-state index contributed by atoms with van der Waals surface area (Å²) >= 11 is 0. The molecule has 24 nitrogen and oxygen atoms in total. The first kappa shape index (κ1) is 56.9. The minimum absolute atomic E-state index is 0.0726. The first-order valence-electron chi connectivity index (χ1n) is 21.5. The SMILES string of the molecule is CC(C=CC=C(C)C(=O)OC1O[C@H](CO[C@@H]2O[C@H](CO)[C@@H](O)[C@H](O)[C@H]2O)[C@@H](O)[C@H](O)[C@H]1O)=CC=CC=C(C)C=CC=C(C)C(=O)O[C@@H]1O[C@H](CO[C@@H]2O[C@H](CO)[C@@H](O)[C@H](O)[C@H]2O)[C@@H](O)[C@@H](O)[C@H]1O. The maximum Gasteiger partial charge on any atom is 0.336 e. The van der Waals surface area contributed by atoms with Gasteiger partial charge in [-0.2, -0.15) is 0 Å². The van der Waals surface area contributed by atoms with Crippen LogP contribution >= 0.6 is 0 Å². The summed E-state index contributed by atoms with van der Waals surface area (Å²) in [6, 6.07) is 0. The summed E-state index contributed by atoms with van der Waals surface area (Å²) in [6.45, 7) is 3.80. The van der Waals surface area contributed by atoms with Crippen LogP contribution in [0.1, 0.15) is 27.7 Å². The van der Waals surface area contributed by atoms with E-state index in [4.69, 9.17) is 37.9 Å². The van der Waals surface area contributed by atoms with Crippen LogP contribution in [-0.4, -0.2) is 233 Å². The van der Waals surface area contributed by atoms with Gasteiger partial charge in [-0.15, -0.1) is 0 Å². The maximum atomic E-state index is 12.8. The number of carbonyl (C=O) groups excluding carboxylic acids is 2. The van der Waals surface area contributed by atoms with Crippen LogP contribution in [0, 0.1) is 0 Å². The molecule has 24 heteroatoms. The van der Waals surface area contributed by atoms with Gasteiger partial charge in [-0.05, 0) is 27.7 Å². The maximum absolute atomic E-state index is 12.8. The van der Waals surface area contributed by atoms with Crippen molar-refractivity contribution in [1.29, 1.82) is 0 Å². The number of aliphatic hydroxyl groups is 14. The van der Waals surface area contributed by atoms with Gasteiger partial charge in [0.2, 0.25) is 12.6 Å². The van der Waals surface area contributed by atoms with Gasteiger partial charge in [-0.25, -0.2) is 9.59 Å². The van der Waals surface area contributed by atoms with E-state index in [2.05, 4.69) is 0 Å². The fraction of sp³-hybridized carbons (Fsp3) is 0.636. The van der Waals surface area contributed by atoms with Gasteiger partial charge in [0.05, 0.1) is 26.4 Å². The van der Waals surface area contributed by atoms with Gasteiger partial charge in [0.1, 0.15) is 97.7 Å². The summed E-state index contributed by atoms with van der Waals surface area (Å²) in [7, 11) is 0. The Bertz CT molecular complexity index is 1730. The highest BCUT2D eigenvalue weighted by atomic mass is 16.8. The van der Waals surface area contributed by atoms with E-state index in [1.807, 2.05) is 0 Å². The lowest BCUT2D eigenvalue weighted by molar-refractivity contribution is -0.326. The molecular formula is C44H64O24. The highest BCUT2D eigenvalue weighted by molar-refractivity contribution is 5.88. The molecule has 0 bridgehead atoms. The van der Waals surface area contributed by atoms with Crippen molar-refractivity contribution < 1.29 is 119 Å². The minimum atomic E-state index is -1.86. The first-order valence-corrected chi connectivity index (χ1v) is 21.5. The van der Waals surface area contributed by atoms with Gasteiger partial charge in [-0.3, -0.25) is 0 Å². The number of rotatable bonds is 18. The molecule has 0 spiro atoms. The van der Waals surface area contributed by atoms with Crippen LogP contribution in [0.3, 0.4) is 0 Å². The number of esters is 2. The number of carbonyl (C=O) groups is 2. The molecule has 1 unspecified atom stereocenters. The third-order valence-corrected chi connectivity index (χ3v) is 11.2. The Labute approximate surface area is 390 Å². The summed E-state index contributed by atoms with van der Waals surface area (Å²) in [5.41, 5.74) is 1.68. The molecule has 4 aliphatic rings. The zero-order valence-electron chi connectivity index (χ0n) is 37.5. The molecule has 0 saturated carbocycles. The smallest absolute Gasteiger partial charge is 0.336 e. The van der Waals surface area contributed by atoms with Gasteiger partial charge in [0.25, 0.3) is 0 Å². The van der Waals surface area contributed by atoms with Gasteiger partial charge >= 0.3 is 11.9 Å². The second-order valence-electron chi connectivity index (χ2n) is 16.5. The van der Waals surface area contributed by atoms with E-state index in [9.17, 15) is 81.1 Å². The Morgan fingerprint density at radius 1 is 0.397 bits per heavy atom. The van der Waals surface area contributed by atoms with Crippen LogP contribution in [0.2, 0.25) is 0 Å². The van der Waals surface area contributed by atoms with Crippen LogP contribution in [-0.2, 0) is 47.5 Å². The fourth-order valence-electron chi connectivity index (χ4n) is 6.84. The Kier molecular flexibility index (Phi) is 22.2. The van der Waals surface area contributed by atoms with E-state index in [1.54, 1.807) is 62.5 Å². The quantitative estimate of drug-likeness (QED) is 0.0347. The fourth-order valence-corrected chi connectivity index (χ4v) is 6.84. The average Bonchev–Trinajstić information content (AvgIpc) is 3.31. The zero-order chi connectivity index (χ0) is 50.6. The molecule has 4 fully saturated rings. The van der Waals surface area contributed by atoms with Crippen LogP contribution in [0.5, 0.6) is 0 Å². The molecule has 0 aromatic carbocycles. The largest absolute Gasteiger partial charge is 0.429 e. The number of aliphatic hydroxyl groups excluding tert-OH is 14. The van der Waals surface area contributed by atoms with Crippen LogP contribution in [0.15, 0.2) is 83.1 Å². The summed E-state index contributed by atoms with van der Waals surface area (Å²) in [5, 5.41) is 142. The summed E-state index contributed by atoms with van der Waals surface area (Å²) in [6.07, 6.45) is -16.8. The normalized spacial score (nSPS) is 40.3. The second-order valence-corrected chi connectivity index (χ2v) is 16.5. The van der Waals surface area contributed by atoms with Crippen molar-refractivity contribution in [3.05, 3.63) is 83.1 Å². The van der Waals surface area contributed by atoms with E-state index in [0.29, 0.717) is 0 Å². The highest BCUT2D eigenvalue weighted by Crippen LogP contribution is 2.28. The van der Waals surface area contributed by atoms with Crippen molar-refractivity contribution in [1.82, 2.24) is 0 Å². The molecule has 0 amide bonds. The van der Waals surface area contributed by atoms with Crippen LogP contribution in [0.4, 0.5) is 0 Å². The van der Waals surface area contributed by atoms with E-state index in [0.717, 1.165) is 11.1 Å². The Balaban J connectivity index is 1.23. The molecule has 20 atom stereocenters. The third-order valence-electron chi connectivity index (χ3n) is 11.2. The van der Waals surface area contributed by atoms with Crippen molar-refractivity contribution in [3.63, 3.8) is 0 Å². The number of hydrogen-bond acceptors (Lipinski definition) is 24. The highest BCUT2D eigenvalue weighted by Gasteiger charge is 2.50. The zero-order valence-corrected chi connectivity index (χ0v) is 37.5. The second kappa shape index (κ2) is 26.5. The first-order chi connectivity index (χ1) is 32.1. The molecule has 4 saturated heterocycles. The molecule has 0 aliphatic carbocycles. The van der Waals surface area contributed by atoms with Crippen molar-refractivity contribution in [2.75, 3.05) is 26.4 Å². The van der Waals surface area contributed by atoms with E-state index >= 15 is 0 Å². The predicted octanol–water partition coefficient (Wildman–Crippen LogP) is -5.23. The lowest BCUT2D eigenvalue weighted by Gasteiger charge is -2.42. The van der Waals surface area contributed by atoms with Crippen molar-refractivity contribution in [2.24, 2.45) is 0 Å². The summed E-state index contributed by atoms with van der Waals surface area (Å²) in [4.78, 5) is 25.6. The Morgan fingerprint density at radius 2 is 0.691 bits per heavy atom. The third kappa shape index (κ3) is 14.9.